The van der Waals surface area contributed by atoms with Crippen molar-refractivity contribution in [3.8, 4) is 0 Å². The Morgan fingerprint density at radius 3 is 1.91 bits per heavy atom. The van der Waals surface area contributed by atoms with Crippen molar-refractivity contribution in [3.63, 3.8) is 0 Å². The molecule has 0 fully saturated rings. The highest BCUT2D eigenvalue weighted by molar-refractivity contribution is 6.84. The van der Waals surface area contributed by atoms with Crippen LogP contribution in [0.2, 0.25) is 18.1 Å². The minimum Gasteiger partial charge on any atom is -0.0984 e. The van der Waals surface area contributed by atoms with Gasteiger partial charge in [0.05, 0.1) is 8.07 Å². The lowest BCUT2D eigenvalue weighted by Crippen LogP contribution is -2.29. The Balaban J connectivity index is 4.19. The zero-order chi connectivity index (χ0) is 8.74. The van der Waals surface area contributed by atoms with E-state index in [1.807, 2.05) is 0 Å². The third kappa shape index (κ3) is 3.24. The highest BCUT2D eigenvalue weighted by Crippen LogP contribution is 2.23. The minimum absolute atomic E-state index is 0.924. The monoisotopic (exact) mass is 170 g/mol. The molecule has 0 spiro atoms. The van der Waals surface area contributed by atoms with Crippen molar-refractivity contribution in [2.45, 2.75) is 52.2 Å². The van der Waals surface area contributed by atoms with Crippen molar-refractivity contribution in [1.82, 2.24) is 0 Å². The van der Waals surface area contributed by atoms with E-state index in [-0.39, 0.29) is 0 Å². The molecule has 0 aromatic rings. The van der Waals surface area contributed by atoms with Gasteiger partial charge in [0.2, 0.25) is 0 Å². The van der Waals surface area contributed by atoms with Crippen LogP contribution >= 0.6 is 0 Å². The van der Waals surface area contributed by atoms with Crippen LogP contribution in [0.15, 0.2) is 11.8 Å². The van der Waals surface area contributed by atoms with Crippen LogP contribution in [0.4, 0.5) is 0 Å². The summed E-state index contributed by atoms with van der Waals surface area (Å²) in [6.45, 7) is 9.16. The lowest BCUT2D eigenvalue weighted by atomic mass is 10.6. The second-order valence-electron chi connectivity index (χ2n) is 3.32. The van der Waals surface area contributed by atoms with E-state index < -0.39 is 8.07 Å². The van der Waals surface area contributed by atoms with Crippen LogP contribution in [0.3, 0.4) is 0 Å². The standard InChI is InChI=1S/C10H22Si/c1-5-9-11(7-3,8-4)10-6-2/h5,9H,6-8,10H2,1-4H3. The van der Waals surface area contributed by atoms with Gasteiger partial charge in [0.1, 0.15) is 0 Å². The molecule has 0 saturated heterocycles. The van der Waals surface area contributed by atoms with Gasteiger partial charge in [0, 0.05) is 0 Å². The van der Waals surface area contributed by atoms with E-state index >= 15 is 0 Å². The van der Waals surface area contributed by atoms with Crippen molar-refractivity contribution < 1.29 is 0 Å². The van der Waals surface area contributed by atoms with Gasteiger partial charge < -0.3 is 0 Å². The van der Waals surface area contributed by atoms with Gasteiger partial charge in [0.25, 0.3) is 0 Å². The lowest BCUT2D eigenvalue weighted by molar-refractivity contribution is 1.02. The molecule has 0 aliphatic heterocycles. The summed E-state index contributed by atoms with van der Waals surface area (Å²) in [5, 5.41) is 0. The second kappa shape index (κ2) is 5.59. The van der Waals surface area contributed by atoms with Crippen LogP contribution < -0.4 is 0 Å². The Labute approximate surface area is 72.7 Å². The number of rotatable bonds is 5. The van der Waals surface area contributed by atoms with Gasteiger partial charge in [-0.2, -0.15) is 0 Å². The smallest absolute Gasteiger partial charge is 0.0768 e. The first-order valence-corrected chi connectivity index (χ1v) is 7.58. The first-order chi connectivity index (χ1) is 5.24. The Hall–Kier alpha value is -0.0431. The zero-order valence-electron chi connectivity index (χ0n) is 8.48. The molecule has 0 unspecified atom stereocenters. The van der Waals surface area contributed by atoms with Crippen LogP contribution in [0, 0.1) is 0 Å². The van der Waals surface area contributed by atoms with Gasteiger partial charge in [-0.3, -0.25) is 0 Å². The molecule has 0 aliphatic carbocycles. The van der Waals surface area contributed by atoms with Gasteiger partial charge in [-0.25, -0.2) is 0 Å². The lowest BCUT2D eigenvalue weighted by Gasteiger charge is -2.24. The van der Waals surface area contributed by atoms with E-state index in [2.05, 4.69) is 39.5 Å². The predicted molar refractivity (Wildman–Crippen MR) is 56.6 cm³/mol. The summed E-state index contributed by atoms with van der Waals surface area (Å²) in [6, 6.07) is 4.31. The molecule has 0 N–H and O–H groups in total. The number of hydrogen-bond acceptors (Lipinski definition) is 0. The van der Waals surface area contributed by atoms with E-state index in [1.54, 1.807) is 0 Å². The average Bonchev–Trinajstić information content (AvgIpc) is 2.04. The van der Waals surface area contributed by atoms with Crippen LogP contribution in [-0.4, -0.2) is 8.07 Å². The van der Waals surface area contributed by atoms with E-state index in [1.165, 1.54) is 24.6 Å². The third-order valence-corrected chi connectivity index (χ3v) is 8.03. The van der Waals surface area contributed by atoms with Crippen molar-refractivity contribution in [2.75, 3.05) is 0 Å². The fourth-order valence-corrected chi connectivity index (χ4v) is 5.32. The molecule has 0 heterocycles. The average molecular weight is 170 g/mol. The normalized spacial score (nSPS) is 12.7. The van der Waals surface area contributed by atoms with Crippen molar-refractivity contribution >= 4 is 8.07 Å². The molecule has 0 radical (unpaired) electrons. The third-order valence-electron chi connectivity index (χ3n) is 2.68. The number of hydrogen-bond donors (Lipinski definition) is 0. The van der Waals surface area contributed by atoms with Crippen molar-refractivity contribution in [2.24, 2.45) is 0 Å². The molecule has 0 nitrogen and oxygen atoms in total. The van der Waals surface area contributed by atoms with Gasteiger partial charge >= 0.3 is 0 Å². The molecule has 1 heteroatoms. The topological polar surface area (TPSA) is 0 Å². The largest absolute Gasteiger partial charge is 0.0984 e. The fourth-order valence-electron chi connectivity index (χ4n) is 1.77. The van der Waals surface area contributed by atoms with Gasteiger partial charge in [-0.05, 0) is 6.92 Å². The molecular weight excluding hydrogens is 148 g/mol. The molecule has 0 saturated carbocycles. The Morgan fingerprint density at radius 2 is 1.64 bits per heavy atom. The Morgan fingerprint density at radius 1 is 1.09 bits per heavy atom. The predicted octanol–water partition coefficient (Wildman–Crippen LogP) is 4.00. The summed E-state index contributed by atoms with van der Waals surface area (Å²) in [7, 11) is -0.924. The van der Waals surface area contributed by atoms with E-state index in [4.69, 9.17) is 0 Å². The summed E-state index contributed by atoms with van der Waals surface area (Å²) in [4.78, 5) is 0. The highest BCUT2D eigenvalue weighted by Gasteiger charge is 2.23. The van der Waals surface area contributed by atoms with Crippen LogP contribution in [0.1, 0.15) is 34.1 Å². The summed E-state index contributed by atoms with van der Waals surface area (Å²) in [5.74, 6) is 0. The van der Waals surface area contributed by atoms with E-state index in [0.717, 1.165) is 0 Å². The maximum Gasteiger partial charge on any atom is 0.0768 e. The number of allylic oxidation sites excluding steroid dienone is 1. The maximum atomic E-state index is 2.52. The quantitative estimate of drug-likeness (QED) is 0.547. The van der Waals surface area contributed by atoms with Crippen LogP contribution in [0.25, 0.3) is 0 Å². The maximum absolute atomic E-state index is 2.52. The molecule has 0 atom stereocenters. The molecule has 0 aromatic carbocycles. The molecule has 0 aliphatic rings. The molecular formula is C10H22Si. The molecule has 0 rings (SSSR count). The van der Waals surface area contributed by atoms with Gasteiger partial charge in [0.15, 0.2) is 0 Å². The van der Waals surface area contributed by atoms with E-state index in [9.17, 15) is 0 Å². The van der Waals surface area contributed by atoms with Crippen LogP contribution in [0.5, 0.6) is 0 Å². The molecule has 11 heavy (non-hydrogen) atoms. The Bertz CT molecular complexity index is 112. The summed E-state index contributed by atoms with van der Waals surface area (Å²) >= 11 is 0. The van der Waals surface area contributed by atoms with E-state index in [0.29, 0.717) is 0 Å². The minimum atomic E-state index is -0.924. The Kier molecular flexibility index (Phi) is 5.57. The SMILES string of the molecule is CC=C[Si](CC)(CC)CCC. The second-order valence-corrected chi connectivity index (χ2v) is 8.29. The van der Waals surface area contributed by atoms with Crippen molar-refractivity contribution in [3.05, 3.63) is 11.8 Å². The van der Waals surface area contributed by atoms with Gasteiger partial charge in [-0.1, -0.05) is 57.1 Å². The fraction of sp³-hybridized carbons (Fsp3) is 0.800. The molecule has 66 valence electrons. The highest BCUT2D eigenvalue weighted by atomic mass is 28.3. The summed E-state index contributed by atoms with van der Waals surface area (Å²) in [6.07, 6.45) is 3.62. The van der Waals surface area contributed by atoms with Gasteiger partial charge in [-0.15, -0.1) is 0 Å². The first-order valence-electron chi connectivity index (χ1n) is 4.88. The zero-order valence-corrected chi connectivity index (χ0v) is 9.48. The first kappa shape index (κ1) is 11.0. The molecule has 0 amide bonds. The summed E-state index contributed by atoms with van der Waals surface area (Å²) < 4.78 is 0. The molecule has 0 aromatic heterocycles. The van der Waals surface area contributed by atoms with Crippen molar-refractivity contribution in [1.29, 1.82) is 0 Å². The van der Waals surface area contributed by atoms with Crippen LogP contribution in [-0.2, 0) is 0 Å². The summed E-state index contributed by atoms with van der Waals surface area (Å²) in [5.41, 5.74) is 2.52. The molecule has 0 bridgehead atoms.